The monoisotopic (exact) mass is 267 g/mol. The van der Waals surface area contributed by atoms with Crippen molar-refractivity contribution in [3.8, 4) is 0 Å². The van der Waals surface area contributed by atoms with Gasteiger partial charge in [-0.1, -0.05) is 30.9 Å². The molecule has 0 saturated carbocycles. The Balaban J connectivity index is 2.03. The highest BCUT2D eigenvalue weighted by atomic mass is 14.9. The number of rotatable bonds is 4. The van der Waals surface area contributed by atoms with Gasteiger partial charge in [0.25, 0.3) is 0 Å². The molecular formula is C17H21N3. The quantitative estimate of drug-likeness (QED) is 0.821. The molecule has 0 radical (unpaired) electrons. The Kier molecular flexibility index (Phi) is 4.77. The van der Waals surface area contributed by atoms with E-state index in [1.54, 1.807) is 6.20 Å². The summed E-state index contributed by atoms with van der Waals surface area (Å²) in [4.78, 5) is 4.39. The summed E-state index contributed by atoms with van der Waals surface area (Å²) in [5.41, 5.74) is 5.48. The van der Waals surface area contributed by atoms with E-state index >= 15 is 0 Å². The van der Waals surface area contributed by atoms with E-state index in [4.69, 9.17) is 0 Å². The van der Waals surface area contributed by atoms with Crippen molar-refractivity contribution in [2.45, 2.75) is 13.8 Å². The highest BCUT2D eigenvalue weighted by Crippen LogP contribution is 2.14. The lowest BCUT2D eigenvalue weighted by Gasteiger charge is -2.17. The first kappa shape index (κ1) is 14.1. The van der Waals surface area contributed by atoms with Gasteiger partial charge in [-0.05, 0) is 36.6 Å². The van der Waals surface area contributed by atoms with Crippen molar-refractivity contribution in [3.63, 3.8) is 0 Å². The predicted octanol–water partition coefficient (Wildman–Crippen LogP) is 2.99. The Labute approximate surface area is 120 Å². The molecule has 0 saturated heterocycles. The van der Waals surface area contributed by atoms with Crippen molar-refractivity contribution in [2.75, 3.05) is 13.1 Å². The van der Waals surface area contributed by atoms with Crippen LogP contribution in [0, 0.1) is 0 Å². The summed E-state index contributed by atoms with van der Waals surface area (Å²) >= 11 is 0. The zero-order valence-corrected chi connectivity index (χ0v) is 12.1. The molecule has 2 aliphatic rings. The van der Waals surface area contributed by atoms with Crippen molar-refractivity contribution in [3.05, 3.63) is 71.8 Å². The van der Waals surface area contributed by atoms with Gasteiger partial charge in [-0.25, -0.2) is 0 Å². The fraction of sp³-hybridized carbons (Fsp3) is 0.235. The van der Waals surface area contributed by atoms with E-state index in [9.17, 15) is 0 Å². The van der Waals surface area contributed by atoms with E-state index in [0.717, 1.165) is 30.1 Å². The van der Waals surface area contributed by atoms with Crippen LogP contribution in [0.1, 0.15) is 13.8 Å². The van der Waals surface area contributed by atoms with Crippen LogP contribution in [-0.2, 0) is 0 Å². The largest absolute Gasteiger partial charge is 0.386 e. The summed E-state index contributed by atoms with van der Waals surface area (Å²) in [6, 6.07) is 0. The maximum absolute atomic E-state index is 4.39. The Morgan fingerprint density at radius 1 is 1.45 bits per heavy atom. The van der Waals surface area contributed by atoms with Gasteiger partial charge in [0, 0.05) is 25.5 Å². The first-order chi connectivity index (χ1) is 9.70. The SMILES string of the molecule is C=C1C=CC(CNC2=CNCC=C2C)=CC1=N/C=C\C. The average Bonchev–Trinajstić information content (AvgIpc) is 2.46. The molecule has 0 spiro atoms. The van der Waals surface area contributed by atoms with Crippen molar-refractivity contribution in [1.82, 2.24) is 10.6 Å². The molecule has 0 fully saturated rings. The molecule has 0 aromatic rings. The summed E-state index contributed by atoms with van der Waals surface area (Å²) < 4.78 is 0. The number of dihydropyridines is 1. The molecule has 1 aliphatic carbocycles. The van der Waals surface area contributed by atoms with Gasteiger partial charge in [-0.2, -0.15) is 0 Å². The molecule has 1 aliphatic heterocycles. The maximum atomic E-state index is 4.39. The number of nitrogens with zero attached hydrogens (tertiary/aromatic N) is 1. The topological polar surface area (TPSA) is 36.4 Å². The summed E-state index contributed by atoms with van der Waals surface area (Å²) in [5, 5.41) is 6.65. The van der Waals surface area contributed by atoms with E-state index in [1.165, 1.54) is 11.1 Å². The van der Waals surface area contributed by atoms with Crippen LogP contribution in [-0.4, -0.2) is 18.8 Å². The Hall–Kier alpha value is -2.29. The Morgan fingerprint density at radius 3 is 3.05 bits per heavy atom. The third-order valence-electron chi connectivity index (χ3n) is 3.19. The highest BCUT2D eigenvalue weighted by Gasteiger charge is 2.08. The zero-order valence-electron chi connectivity index (χ0n) is 12.1. The van der Waals surface area contributed by atoms with Crippen LogP contribution in [0.3, 0.4) is 0 Å². The number of allylic oxidation sites excluding steroid dienone is 5. The van der Waals surface area contributed by atoms with Crippen LogP contribution in [0.15, 0.2) is 76.8 Å². The Morgan fingerprint density at radius 2 is 2.30 bits per heavy atom. The molecule has 0 aromatic carbocycles. The van der Waals surface area contributed by atoms with Gasteiger partial charge in [-0.15, -0.1) is 0 Å². The lowest BCUT2D eigenvalue weighted by atomic mass is 10.0. The normalized spacial score (nSPS) is 20.6. The molecule has 2 rings (SSSR count). The lowest BCUT2D eigenvalue weighted by molar-refractivity contribution is 0.831. The smallest absolute Gasteiger partial charge is 0.0699 e. The predicted molar refractivity (Wildman–Crippen MR) is 86.5 cm³/mol. The molecule has 3 heteroatoms. The number of hydrogen-bond acceptors (Lipinski definition) is 3. The average molecular weight is 267 g/mol. The third-order valence-corrected chi connectivity index (χ3v) is 3.19. The molecule has 2 N–H and O–H groups in total. The fourth-order valence-electron chi connectivity index (χ4n) is 1.98. The summed E-state index contributed by atoms with van der Waals surface area (Å²) in [6.07, 6.45) is 14.1. The van der Waals surface area contributed by atoms with E-state index in [1.807, 2.05) is 25.3 Å². The second-order valence-electron chi connectivity index (χ2n) is 4.78. The summed E-state index contributed by atoms with van der Waals surface area (Å²) in [7, 11) is 0. The van der Waals surface area contributed by atoms with Gasteiger partial charge in [0.2, 0.25) is 0 Å². The first-order valence-corrected chi connectivity index (χ1v) is 6.82. The van der Waals surface area contributed by atoms with Crippen LogP contribution in [0.25, 0.3) is 0 Å². The van der Waals surface area contributed by atoms with Crippen LogP contribution in [0.5, 0.6) is 0 Å². The molecule has 0 bridgehead atoms. The number of nitrogens with one attached hydrogen (secondary N) is 2. The van der Waals surface area contributed by atoms with Crippen LogP contribution in [0.4, 0.5) is 0 Å². The lowest BCUT2D eigenvalue weighted by Crippen LogP contribution is -2.24. The molecule has 0 amide bonds. The van der Waals surface area contributed by atoms with E-state index < -0.39 is 0 Å². The van der Waals surface area contributed by atoms with Crippen molar-refractivity contribution < 1.29 is 0 Å². The molecule has 20 heavy (non-hydrogen) atoms. The molecular weight excluding hydrogens is 246 g/mol. The number of aliphatic imine (C=N–C) groups is 1. The van der Waals surface area contributed by atoms with Gasteiger partial charge in [0.1, 0.15) is 0 Å². The highest BCUT2D eigenvalue weighted by molar-refractivity contribution is 6.12. The minimum absolute atomic E-state index is 0.775. The summed E-state index contributed by atoms with van der Waals surface area (Å²) in [5.74, 6) is 0. The van der Waals surface area contributed by atoms with Crippen LogP contribution < -0.4 is 10.6 Å². The van der Waals surface area contributed by atoms with E-state index in [0.29, 0.717) is 0 Å². The first-order valence-electron chi connectivity index (χ1n) is 6.82. The zero-order chi connectivity index (χ0) is 14.4. The van der Waals surface area contributed by atoms with Gasteiger partial charge in [0.05, 0.1) is 11.4 Å². The van der Waals surface area contributed by atoms with Crippen molar-refractivity contribution >= 4 is 5.71 Å². The molecule has 3 nitrogen and oxygen atoms in total. The molecule has 0 unspecified atom stereocenters. The van der Waals surface area contributed by atoms with Gasteiger partial charge in [-0.3, -0.25) is 4.99 Å². The second kappa shape index (κ2) is 6.75. The number of hydrogen-bond donors (Lipinski definition) is 2. The van der Waals surface area contributed by atoms with Gasteiger partial charge < -0.3 is 10.6 Å². The second-order valence-corrected chi connectivity index (χ2v) is 4.78. The van der Waals surface area contributed by atoms with Crippen LogP contribution >= 0.6 is 0 Å². The molecule has 104 valence electrons. The minimum atomic E-state index is 0.775. The molecule has 0 atom stereocenters. The molecule has 0 aromatic heterocycles. The van der Waals surface area contributed by atoms with Gasteiger partial charge in [0.15, 0.2) is 0 Å². The van der Waals surface area contributed by atoms with E-state index in [2.05, 4.69) is 47.4 Å². The third kappa shape index (κ3) is 3.60. The minimum Gasteiger partial charge on any atom is -0.386 e. The summed E-state index contributed by atoms with van der Waals surface area (Å²) in [6.45, 7) is 9.75. The van der Waals surface area contributed by atoms with E-state index in [-0.39, 0.29) is 0 Å². The van der Waals surface area contributed by atoms with Crippen LogP contribution in [0.2, 0.25) is 0 Å². The maximum Gasteiger partial charge on any atom is 0.0699 e. The Bertz CT molecular complexity index is 569. The molecule has 1 heterocycles. The standard InChI is InChI=1S/C17H21N3/c1-4-8-19-16-10-15(6-5-13(16)2)11-20-17-12-18-9-7-14(17)3/h4-8,10,12,18,20H,2,9,11H2,1,3H3/b8-4-,19-16?. The van der Waals surface area contributed by atoms with Gasteiger partial charge >= 0.3 is 0 Å². The van der Waals surface area contributed by atoms with Crippen molar-refractivity contribution in [2.24, 2.45) is 4.99 Å². The van der Waals surface area contributed by atoms with Crippen molar-refractivity contribution in [1.29, 1.82) is 0 Å². The fourth-order valence-corrected chi connectivity index (χ4v) is 1.98.